The van der Waals surface area contributed by atoms with Crippen LogP contribution in [0.15, 0.2) is 17.5 Å². The van der Waals surface area contributed by atoms with E-state index < -0.39 is 0 Å². The van der Waals surface area contributed by atoms with Crippen molar-refractivity contribution in [3.63, 3.8) is 0 Å². The first-order valence-electron chi connectivity index (χ1n) is 8.83. The van der Waals surface area contributed by atoms with Gasteiger partial charge in [-0.2, -0.15) is 5.10 Å². The van der Waals surface area contributed by atoms with Crippen LogP contribution in [0.25, 0.3) is 0 Å². The van der Waals surface area contributed by atoms with Crippen LogP contribution in [0.4, 0.5) is 4.79 Å². The summed E-state index contributed by atoms with van der Waals surface area (Å²) < 4.78 is 1.93. The Hall–Kier alpha value is -2.35. The van der Waals surface area contributed by atoms with Crippen molar-refractivity contribution in [2.45, 2.75) is 27.3 Å². The first-order chi connectivity index (χ1) is 12.5. The smallest absolute Gasteiger partial charge is 0.317 e. The molecule has 2 aromatic heterocycles. The van der Waals surface area contributed by atoms with Gasteiger partial charge < -0.3 is 15.1 Å². The highest BCUT2D eigenvalue weighted by Crippen LogP contribution is 2.14. The first-order valence-corrected chi connectivity index (χ1v) is 9.71. The van der Waals surface area contributed by atoms with Gasteiger partial charge in [0.15, 0.2) is 0 Å². The zero-order chi connectivity index (χ0) is 18.7. The number of carbonyl (C=O) groups is 2. The van der Waals surface area contributed by atoms with Crippen molar-refractivity contribution in [1.82, 2.24) is 24.9 Å². The third-order valence-corrected chi connectivity index (χ3v) is 5.79. The zero-order valence-electron chi connectivity index (χ0n) is 15.5. The quantitative estimate of drug-likeness (QED) is 0.889. The molecule has 0 aliphatic carbocycles. The lowest BCUT2D eigenvalue weighted by Crippen LogP contribution is -2.53. The number of rotatable bonds is 4. The van der Waals surface area contributed by atoms with Gasteiger partial charge in [0, 0.05) is 38.4 Å². The van der Waals surface area contributed by atoms with Crippen LogP contribution in [0.2, 0.25) is 0 Å². The molecule has 0 atom stereocenters. The Bertz CT molecular complexity index is 776. The summed E-state index contributed by atoms with van der Waals surface area (Å²) in [7, 11) is 0. The lowest BCUT2D eigenvalue weighted by atomic mass is 10.2. The van der Waals surface area contributed by atoms with Gasteiger partial charge in [0.05, 0.1) is 17.1 Å². The molecule has 0 spiro atoms. The van der Waals surface area contributed by atoms with Gasteiger partial charge in [0.25, 0.3) is 5.91 Å². The van der Waals surface area contributed by atoms with Gasteiger partial charge in [-0.1, -0.05) is 6.07 Å². The van der Waals surface area contributed by atoms with E-state index in [9.17, 15) is 9.59 Å². The number of nitrogens with zero attached hydrogens (tertiary/aromatic N) is 4. The first kappa shape index (κ1) is 18.4. The summed E-state index contributed by atoms with van der Waals surface area (Å²) in [5.41, 5.74) is 3.36. The number of urea groups is 1. The molecule has 26 heavy (non-hydrogen) atoms. The van der Waals surface area contributed by atoms with E-state index in [2.05, 4.69) is 17.3 Å². The molecule has 1 N–H and O–H groups in total. The van der Waals surface area contributed by atoms with Crippen LogP contribution in [0, 0.1) is 20.8 Å². The largest absolute Gasteiger partial charge is 0.336 e. The minimum atomic E-state index is -0.0773. The number of amides is 3. The summed E-state index contributed by atoms with van der Waals surface area (Å²) in [6, 6.07) is 3.64. The summed E-state index contributed by atoms with van der Waals surface area (Å²) in [5, 5.41) is 9.34. The Balaban J connectivity index is 1.43. The average molecular weight is 375 g/mol. The maximum atomic E-state index is 12.3. The number of hydrogen-bond acceptors (Lipinski definition) is 4. The Kier molecular flexibility index (Phi) is 5.61. The fourth-order valence-electron chi connectivity index (χ4n) is 3.05. The van der Waals surface area contributed by atoms with Crippen molar-refractivity contribution < 1.29 is 9.59 Å². The SMILES string of the molecule is Cc1nn(CCNC(=O)N2CCN(C(=O)c3cccs3)CC2)c(C)c1C. The third-order valence-electron chi connectivity index (χ3n) is 4.93. The molecule has 0 radical (unpaired) electrons. The van der Waals surface area contributed by atoms with Crippen LogP contribution in [0.3, 0.4) is 0 Å². The van der Waals surface area contributed by atoms with Gasteiger partial charge in [-0.3, -0.25) is 9.48 Å². The van der Waals surface area contributed by atoms with E-state index in [1.54, 1.807) is 4.90 Å². The van der Waals surface area contributed by atoms with E-state index in [0.717, 1.165) is 16.3 Å². The summed E-state index contributed by atoms with van der Waals surface area (Å²) in [6.45, 7) is 9.54. The van der Waals surface area contributed by atoms with E-state index in [0.29, 0.717) is 39.3 Å². The van der Waals surface area contributed by atoms with Crippen molar-refractivity contribution in [2.24, 2.45) is 0 Å². The zero-order valence-corrected chi connectivity index (χ0v) is 16.3. The molecule has 3 rings (SSSR count). The number of thiophene rings is 1. The fraction of sp³-hybridized carbons (Fsp3) is 0.500. The van der Waals surface area contributed by atoms with Crippen LogP contribution in [0.5, 0.6) is 0 Å². The number of hydrogen-bond donors (Lipinski definition) is 1. The molecule has 1 saturated heterocycles. The van der Waals surface area contributed by atoms with Crippen molar-refractivity contribution in [3.8, 4) is 0 Å². The Morgan fingerprint density at radius 3 is 2.42 bits per heavy atom. The highest BCUT2D eigenvalue weighted by molar-refractivity contribution is 7.12. The molecule has 1 aliphatic rings. The highest BCUT2D eigenvalue weighted by Gasteiger charge is 2.25. The Morgan fingerprint density at radius 1 is 1.15 bits per heavy atom. The normalized spacial score (nSPS) is 14.6. The van der Waals surface area contributed by atoms with E-state index in [-0.39, 0.29) is 11.9 Å². The Morgan fingerprint density at radius 2 is 1.85 bits per heavy atom. The van der Waals surface area contributed by atoms with Crippen LogP contribution < -0.4 is 5.32 Å². The van der Waals surface area contributed by atoms with Gasteiger partial charge in [-0.25, -0.2) is 4.79 Å². The second kappa shape index (κ2) is 7.90. The maximum absolute atomic E-state index is 12.3. The molecule has 3 heterocycles. The van der Waals surface area contributed by atoms with Crippen molar-refractivity contribution in [2.75, 3.05) is 32.7 Å². The molecule has 3 amide bonds. The minimum Gasteiger partial charge on any atom is -0.336 e. The summed E-state index contributed by atoms with van der Waals surface area (Å²) >= 11 is 1.45. The van der Waals surface area contributed by atoms with Crippen molar-refractivity contribution >= 4 is 23.3 Å². The van der Waals surface area contributed by atoms with Gasteiger partial charge in [-0.05, 0) is 37.8 Å². The minimum absolute atomic E-state index is 0.0555. The molecule has 0 bridgehead atoms. The topological polar surface area (TPSA) is 70.5 Å². The number of nitrogens with one attached hydrogen (secondary N) is 1. The highest BCUT2D eigenvalue weighted by atomic mass is 32.1. The van der Waals surface area contributed by atoms with Crippen LogP contribution in [-0.2, 0) is 6.54 Å². The molecule has 8 heteroatoms. The van der Waals surface area contributed by atoms with Crippen LogP contribution >= 0.6 is 11.3 Å². The standard InChI is InChI=1S/C18H25N5O2S/c1-13-14(2)20-23(15(13)3)7-6-19-18(25)22-10-8-21(9-11-22)17(24)16-5-4-12-26-16/h4-5,12H,6-11H2,1-3H3,(H,19,25). The molecule has 7 nitrogen and oxygen atoms in total. The monoisotopic (exact) mass is 375 g/mol. The lowest BCUT2D eigenvalue weighted by molar-refractivity contribution is 0.0669. The molecule has 2 aromatic rings. The van der Waals surface area contributed by atoms with Crippen LogP contribution in [0.1, 0.15) is 26.6 Å². The van der Waals surface area contributed by atoms with Gasteiger partial charge >= 0.3 is 6.03 Å². The second-order valence-electron chi connectivity index (χ2n) is 6.51. The average Bonchev–Trinajstić information content (AvgIpc) is 3.27. The van der Waals surface area contributed by atoms with E-state index in [1.165, 1.54) is 16.9 Å². The van der Waals surface area contributed by atoms with Crippen molar-refractivity contribution in [3.05, 3.63) is 39.3 Å². The molecule has 0 aromatic carbocycles. The van der Waals surface area contributed by atoms with E-state index >= 15 is 0 Å². The summed E-state index contributed by atoms with van der Waals surface area (Å²) in [5.74, 6) is 0.0555. The molecule has 1 aliphatic heterocycles. The van der Waals surface area contributed by atoms with E-state index in [4.69, 9.17) is 0 Å². The third kappa shape index (κ3) is 3.90. The molecular formula is C18H25N5O2S. The van der Waals surface area contributed by atoms with Gasteiger partial charge in [-0.15, -0.1) is 11.3 Å². The molecular weight excluding hydrogens is 350 g/mol. The maximum Gasteiger partial charge on any atom is 0.317 e. The molecule has 1 fully saturated rings. The Labute approximate surface area is 157 Å². The number of piperazine rings is 1. The predicted molar refractivity (Wildman–Crippen MR) is 102 cm³/mol. The van der Waals surface area contributed by atoms with Crippen molar-refractivity contribution in [1.29, 1.82) is 0 Å². The fourth-order valence-corrected chi connectivity index (χ4v) is 3.74. The summed E-state index contributed by atoms with van der Waals surface area (Å²) in [4.78, 5) is 29.0. The lowest BCUT2D eigenvalue weighted by Gasteiger charge is -2.34. The van der Waals surface area contributed by atoms with E-state index in [1.807, 2.05) is 40.9 Å². The summed E-state index contributed by atoms with van der Waals surface area (Å²) in [6.07, 6.45) is 0. The molecule has 0 unspecified atom stereocenters. The second-order valence-corrected chi connectivity index (χ2v) is 7.46. The molecule has 0 saturated carbocycles. The number of carbonyl (C=O) groups excluding carboxylic acids is 2. The predicted octanol–water partition coefficient (Wildman–Crippen LogP) is 2.04. The van der Waals surface area contributed by atoms with Crippen LogP contribution in [-0.4, -0.2) is 64.2 Å². The number of aromatic nitrogens is 2. The van der Waals surface area contributed by atoms with Gasteiger partial charge in [0.2, 0.25) is 0 Å². The van der Waals surface area contributed by atoms with Gasteiger partial charge in [0.1, 0.15) is 0 Å². The molecule has 140 valence electrons. The number of aryl methyl sites for hydroxylation is 1.